The third kappa shape index (κ3) is 4.76. The van der Waals surface area contributed by atoms with E-state index in [1.807, 2.05) is 18.7 Å². The van der Waals surface area contributed by atoms with E-state index in [0.29, 0.717) is 30.1 Å². The minimum absolute atomic E-state index is 0.0370. The van der Waals surface area contributed by atoms with E-state index >= 15 is 0 Å². The number of carbonyl (C=O) groups is 1. The third-order valence-electron chi connectivity index (χ3n) is 4.98. The number of anilines is 1. The van der Waals surface area contributed by atoms with Gasteiger partial charge in [-0.2, -0.15) is 13.2 Å². The van der Waals surface area contributed by atoms with Crippen molar-refractivity contribution in [1.82, 2.24) is 9.55 Å². The molecule has 31 heavy (non-hydrogen) atoms. The van der Waals surface area contributed by atoms with Gasteiger partial charge < -0.3 is 9.47 Å². The van der Waals surface area contributed by atoms with Gasteiger partial charge in [0.1, 0.15) is 0 Å². The fourth-order valence-corrected chi connectivity index (χ4v) is 3.66. The molecule has 3 rings (SSSR count). The van der Waals surface area contributed by atoms with Crippen LogP contribution in [0, 0.1) is 4.91 Å². The lowest BCUT2D eigenvalue weighted by molar-refractivity contribution is -0.138. The maximum absolute atomic E-state index is 13.6. The molecule has 0 unspecified atom stereocenters. The van der Waals surface area contributed by atoms with Gasteiger partial charge in [0.2, 0.25) is 5.95 Å². The molecule has 0 bridgehead atoms. The monoisotopic (exact) mass is 432 g/mol. The first-order chi connectivity index (χ1) is 14.8. The summed E-state index contributed by atoms with van der Waals surface area (Å²) in [5.74, 6) is -0.390. The van der Waals surface area contributed by atoms with Crippen molar-refractivity contribution in [3.8, 4) is 0 Å². The van der Waals surface area contributed by atoms with Gasteiger partial charge in [-0.15, -0.1) is 4.91 Å². The molecule has 0 N–H and O–H groups in total. The Morgan fingerprint density at radius 1 is 1.10 bits per heavy atom. The lowest BCUT2D eigenvalue weighted by Gasteiger charge is -2.24. The summed E-state index contributed by atoms with van der Waals surface area (Å²) in [5.41, 5.74) is 0.514. The largest absolute Gasteiger partial charge is 0.416 e. The van der Waals surface area contributed by atoms with Gasteiger partial charge in [0.15, 0.2) is 0 Å². The van der Waals surface area contributed by atoms with Gasteiger partial charge in [-0.25, -0.2) is 4.98 Å². The Balaban J connectivity index is 2.19. The summed E-state index contributed by atoms with van der Waals surface area (Å²) < 4.78 is 42.4. The van der Waals surface area contributed by atoms with Crippen LogP contribution in [0.25, 0.3) is 11.0 Å². The highest BCUT2D eigenvalue weighted by Gasteiger charge is 2.33. The van der Waals surface area contributed by atoms with Crippen molar-refractivity contribution >= 4 is 22.9 Å². The minimum atomic E-state index is -4.48. The maximum atomic E-state index is 13.6. The number of amides is 1. The molecule has 0 saturated carbocycles. The SMILES string of the molecule is CCCN(CCC)c1nc2cc(C(=O)N=O)ccc2n1Cc1ccccc1C(F)(F)F. The first-order valence-corrected chi connectivity index (χ1v) is 10.1. The molecule has 0 spiro atoms. The van der Waals surface area contributed by atoms with Gasteiger partial charge in [-0.3, -0.25) is 4.79 Å². The van der Waals surface area contributed by atoms with Crippen molar-refractivity contribution in [3.05, 3.63) is 64.1 Å². The molecule has 1 aromatic heterocycles. The number of halogens is 3. The molecule has 0 radical (unpaired) electrons. The van der Waals surface area contributed by atoms with Gasteiger partial charge in [-0.1, -0.05) is 32.0 Å². The summed E-state index contributed by atoms with van der Waals surface area (Å²) in [6.07, 6.45) is -2.81. The molecule has 0 aliphatic rings. The number of carbonyl (C=O) groups excluding carboxylic acids is 1. The van der Waals surface area contributed by atoms with Crippen molar-refractivity contribution < 1.29 is 18.0 Å². The van der Waals surface area contributed by atoms with Gasteiger partial charge >= 0.3 is 12.1 Å². The van der Waals surface area contributed by atoms with Gasteiger partial charge in [0, 0.05) is 23.8 Å². The van der Waals surface area contributed by atoms with E-state index in [1.54, 1.807) is 16.7 Å². The Morgan fingerprint density at radius 2 is 1.77 bits per heavy atom. The lowest BCUT2D eigenvalue weighted by atomic mass is 10.1. The van der Waals surface area contributed by atoms with Crippen LogP contribution in [-0.2, 0) is 12.7 Å². The molecule has 2 aromatic carbocycles. The fraction of sp³-hybridized carbons (Fsp3) is 0.364. The number of nitrogens with zero attached hydrogens (tertiary/aromatic N) is 4. The highest BCUT2D eigenvalue weighted by Crippen LogP contribution is 2.34. The summed E-state index contributed by atoms with van der Waals surface area (Å²) in [5, 5.41) is 2.44. The third-order valence-corrected chi connectivity index (χ3v) is 4.98. The zero-order chi connectivity index (χ0) is 22.6. The number of benzene rings is 2. The van der Waals surface area contributed by atoms with Crippen LogP contribution in [0.3, 0.4) is 0 Å². The zero-order valence-electron chi connectivity index (χ0n) is 17.3. The van der Waals surface area contributed by atoms with Crippen LogP contribution >= 0.6 is 0 Å². The number of imidazole rings is 1. The second-order valence-corrected chi connectivity index (χ2v) is 7.24. The quantitative estimate of drug-likeness (QED) is 0.432. The first kappa shape index (κ1) is 22.5. The number of rotatable bonds is 8. The second kappa shape index (κ2) is 9.28. The highest BCUT2D eigenvalue weighted by molar-refractivity contribution is 5.98. The lowest BCUT2D eigenvalue weighted by Crippen LogP contribution is -2.28. The summed E-state index contributed by atoms with van der Waals surface area (Å²) in [7, 11) is 0. The van der Waals surface area contributed by atoms with Crippen molar-refractivity contribution in [2.24, 2.45) is 5.18 Å². The molecule has 6 nitrogen and oxygen atoms in total. The van der Waals surface area contributed by atoms with Crippen LogP contribution in [0.5, 0.6) is 0 Å². The molecule has 164 valence electrons. The Labute approximate surface area is 177 Å². The average Bonchev–Trinajstić information content (AvgIpc) is 3.10. The number of fused-ring (bicyclic) bond motifs is 1. The summed E-state index contributed by atoms with van der Waals surface area (Å²) in [6.45, 7) is 5.35. The number of alkyl halides is 3. The molecule has 0 fully saturated rings. The van der Waals surface area contributed by atoms with Crippen molar-refractivity contribution in [1.29, 1.82) is 0 Å². The van der Waals surface area contributed by atoms with Gasteiger partial charge in [0.25, 0.3) is 0 Å². The molecule has 0 atom stereocenters. The number of aromatic nitrogens is 2. The molecular weight excluding hydrogens is 409 g/mol. The molecule has 3 aromatic rings. The number of hydrogen-bond acceptors (Lipinski definition) is 4. The summed E-state index contributed by atoms with van der Waals surface area (Å²) in [6, 6.07) is 9.94. The predicted molar refractivity (Wildman–Crippen MR) is 113 cm³/mol. The molecule has 1 heterocycles. The normalized spacial score (nSPS) is 11.6. The van der Waals surface area contributed by atoms with Crippen LogP contribution < -0.4 is 4.90 Å². The zero-order valence-corrected chi connectivity index (χ0v) is 17.3. The fourth-order valence-electron chi connectivity index (χ4n) is 3.66. The molecule has 1 amide bonds. The van der Waals surface area contributed by atoms with E-state index in [2.05, 4.69) is 10.2 Å². The van der Waals surface area contributed by atoms with Gasteiger partial charge in [0.05, 0.1) is 23.1 Å². The van der Waals surface area contributed by atoms with Crippen LogP contribution in [0.15, 0.2) is 47.6 Å². The standard InChI is InChI=1S/C22H23F3N4O2/c1-3-11-28(12-4-2)21-26-18-13-15(20(30)27-31)9-10-19(18)29(21)14-16-7-5-6-8-17(16)22(23,24)25/h5-10,13H,3-4,11-12,14H2,1-2H3. The number of nitroso groups, excluding NO2 is 1. The summed E-state index contributed by atoms with van der Waals surface area (Å²) >= 11 is 0. The van der Waals surface area contributed by atoms with E-state index in [4.69, 9.17) is 0 Å². The molecular formula is C22H23F3N4O2. The van der Waals surface area contributed by atoms with Crippen LogP contribution in [0.1, 0.15) is 48.2 Å². The van der Waals surface area contributed by atoms with E-state index < -0.39 is 17.6 Å². The molecule has 0 aliphatic carbocycles. The molecule has 0 aliphatic heterocycles. The van der Waals surface area contributed by atoms with Crippen LogP contribution in [-0.4, -0.2) is 28.5 Å². The average molecular weight is 432 g/mol. The van der Waals surface area contributed by atoms with E-state index in [0.717, 1.165) is 18.9 Å². The van der Waals surface area contributed by atoms with Crippen LogP contribution in [0.4, 0.5) is 19.1 Å². The Morgan fingerprint density at radius 3 is 2.39 bits per heavy atom. The molecule has 9 heteroatoms. The smallest absolute Gasteiger partial charge is 0.342 e. The second-order valence-electron chi connectivity index (χ2n) is 7.24. The maximum Gasteiger partial charge on any atom is 0.416 e. The van der Waals surface area contributed by atoms with E-state index in [-0.39, 0.29) is 17.7 Å². The van der Waals surface area contributed by atoms with E-state index in [1.165, 1.54) is 24.3 Å². The Bertz CT molecular complexity index is 1090. The van der Waals surface area contributed by atoms with Gasteiger partial charge in [-0.05, 0) is 42.7 Å². The highest BCUT2D eigenvalue weighted by atomic mass is 19.4. The van der Waals surface area contributed by atoms with Crippen LogP contribution in [0.2, 0.25) is 0 Å². The number of hydrogen-bond donors (Lipinski definition) is 0. The topological polar surface area (TPSA) is 67.6 Å². The first-order valence-electron chi connectivity index (χ1n) is 10.1. The predicted octanol–water partition coefficient (Wildman–Crippen LogP) is 5.64. The van der Waals surface area contributed by atoms with E-state index in [9.17, 15) is 22.9 Å². The van der Waals surface area contributed by atoms with Crippen molar-refractivity contribution in [2.75, 3.05) is 18.0 Å². The Hall–Kier alpha value is -3.23. The minimum Gasteiger partial charge on any atom is -0.342 e. The molecule has 0 saturated heterocycles. The van der Waals surface area contributed by atoms with Crippen molar-refractivity contribution in [2.45, 2.75) is 39.4 Å². The summed E-state index contributed by atoms with van der Waals surface area (Å²) in [4.78, 5) is 29.0. The Kier molecular flexibility index (Phi) is 6.72. The van der Waals surface area contributed by atoms with Crippen molar-refractivity contribution in [3.63, 3.8) is 0 Å².